The highest BCUT2D eigenvalue weighted by atomic mass is 35.5. The number of nitrogens with one attached hydrogen (secondary N) is 1. The van der Waals surface area contributed by atoms with E-state index in [1.807, 2.05) is 0 Å². The summed E-state index contributed by atoms with van der Waals surface area (Å²) in [5.41, 5.74) is -0.0143. The normalized spacial score (nSPS) is 12.1. The van der Waals surface area contributed by atoms with Crippen LogP contribution in [0.5, 0.6) is 5.75 Å². The molecule has 13 heteroatoms. The van der Waals surface area contributed by atoms with Crippen LogP contribution in [0.15, 0.2) is 42.5 Å². The molecular formula is C23H29ClN4O7S. The zero-order valence-corrected chi connectivity index (χ0v) is 22.2. The van der Waals surface area contributed by atoms with Gasteiger partial charge in [-0.3, -0.25) is 24.0 Å². The number of carbonyl (C=O) groups excluding carboxylic acids is 2. The number of benzene rings is 2. The van der Waals surface area contributed by atoms with E-state index in [1.54, 1.807) is 38.1 Å². The van der Waals surface area contributed by atoms with E-state index >= 15 is 0 Å². The van der Waals surface area contributed by atoms with E-state index in [0.29, 0.717) is 14.9 Å². The van der Waals surface area contributed by atoms with Crippen LogP contribution < -0.4 is 14.4 Å². The Labute approximate surface area is 215 Å². The maximum Gasteiger partial charge on any atom is 0.271 e. The zero-order valence-electron chi connectivity index (χ0n) is 20.6. The molecule has 1 unspecified atom stereocenters. The number of methoxy groups -OCH3 is 1. The molecule has 196 valence electrons. The van der Waals surface area contributed by atoms with Gasteiger partial charge in [0.25, 0.3) is 5.69 Å². The fraction of sp³-hybridized carbons (Fsp3) is 0.391. The second kappa shape index (κ2) is 12.0. The number of nitro benzene ring substituents is 1. The fourth-order valence-corrected chi connectivity index (χ4v) is 4.42. The summed E-state index contributed by atoms with van der Waals surface area (Å²) < 4.78 is 31.4. The first-order valence-electron chi connectivity index (χ1n) is 10.9. The molecule has 11 nitrogen and oxygen atoms in total. The molecule has 1 N–H and O–H groups in total. The van der Waals surface area contributed by atoms with Crippen molar-refractivity contribution in [1.29, 1.82) is 0 Å². The van der Waals surface area contributed by atoms with E-state index in [9.17, 15) is 28.1 Å². The Hall–Kier alpha value is -3.38. The predicted molar refractivity (Wildman–Crippen MR) is 137 cm³/mol. The third kappa shape index (κ3) is 7.31. The Kier molecular flexibility index (Phi) is 9.65. The van der Waals surface area contributed by atoms with Gasteiger partial charge in [0.05, 0.1) is 18.3 Å². The zero-order chi connectivity index (χ0) is 27.2. The number of hydrogen-bond acceptors (Lipinski definition) is 7. The Morgan fingerprint density at radius 3 is 2.33 bits per heavy atom. The van der Waals surface area contributed by atoms with Gasteiger partial charge in [0.1, 0.15) is 24.0 Å². The van der Waals surface area contributed by atoms with Crippen molar-refractivity contribution in [3.63, 3.8) is 0 Å². The molecule has 0 aliphatic carbocycles. The van der Waals surface area contributed by atoms with Crippen molar-refractivity contribution in [2.45, 2.75) is 39.4 Å². The summed E-state index contributed by atoms with van der Waals surface area (Å²) in [5, 5.41) is 14.4. The molecule has 2 amide bonds. The SMILES string of the molecule is COc1ccc([N+](=O)[O-])cc1N(CC(=O)N(Cc1ccccc1Cl)C(C)C(=O)NC(C)C)S(C)(=O)=O. The van der Waals surface area contributed by atoms with E-state index < -0.39 is 39.3 Å². The Morgan fingerprint density at radius 1 is 1.17 bits per heavy atom. The van der Waals surface area contributed by atoms with Crippen molar-refractivity contribution in [2.75, 3.05) is 24.2 Å². The van der Waals surface area contributed by atoms with E-state index in [4.69, 9.17) is 16.3 Å². The molecule has 0 saturated heterocycles. The molecule has 0 aliphatic rings. The molecule has 2 aromatic rings. The Morgan fingerprint density at radius 2 is 1.81 bits per heavy atom. The summed E-state index contributed by atoms with van der Waals surface area (Å²) in [4.78, 5) is 38.2. The molecule has 0 bridgehead atoms. The number of non-ortho nitro benzene ring substituents is 1. The minimum absolute atomic E-state index is 0.0158. The van der Waals surface area contributed by atoms with E-state index in [-0.39, 0.29) is 29.7 Å². The Bertz CT molecular complexity index is 1240. The fourth-order valence-electron chi connectivity index (χ4n) is 3.38. The first-order chi connectivity index (χ1) is 16.8. The molecule has 2 aromatic carbocycles. The molecule has 0 radical (unpaired) electrons. The average molecular weight is 541 g/mol. The Balaban J connectivity index is 2.53. The van der Waals surface area contributed by atoms with Crippen LogP contribution >= 0.6 is 11.6 Å². The average Bonchev–Trinajstić information content (AvgIpc) is 2.79. The van der Waals surface area contributed by atoms with Gasteiger partial charge in [-0.1, -0.05) is 29.8 Å². The first-order valence-corrected chi connectivity index (χ1v) is 13.1. The molecule has 0 aliphatic heterocycles. The van der Waals surface area contributed by atoms with Gasteiger partial charge < -0.3 is 15.0 Å². The second-order valence-electron chi connectivity index (χ2n) is 8.34. The van der Waals surface area contributed by atoms with Gasteiger partial charge in [0.2, 0.25) is 21.8 Å². The molecule has 1 atom stereocenters. The topological polar surface area (TPSA) is 139 Å². The largest absolute Gasteiger partial charge is 0.495 e. The van der Waals surface area contributed by atoms with Gasteiger partial charge in [-0.05, 0) is 38.5 Å². The van der Waals surface area contributed by atoms with Crippen LogP contribution in [0.3, 0.4) is 0 Å². The highest BCUT2D eigenvalue weighted by Gasteiger charge is 2.32. The number of hydrogen-bond donors (Lipinski definition) is 1. The van der Waals surface area contributed by atoms with Crippen molar-refractivity contribution in [3.8, 4) is 5.75 Å². The maximum atomic E-state index is 13.6. The van der Waals surface area contributed by atoms with Crippen LogP contribution in [0.2, 0.25) is 5.02 Å². The molecule has 36 heavy (non-hydrogen) atoms. The van der Waals surface area contributed by atoms with Crippen LogP contribution in [0.25, 0.3) is 0 Å². The standard InChI is InChI=1S/C23H29ClN4O7S/c1-15(2)25-23(30)16(3)26(13-17-8-6-7-9-19(17)24)22(29)14-27(36(5,33)34)20-12-18(28(31)32)10-11-21(20)35-4/h6-12,15-16H,13-14H2,1-5H3,(H,25,30). The van der Waals surface area contributed by atoms with Crippen LogP contribution in [0.4, 0.5) is 11.4 Å². The molecular weight excluding hydrogens is 512 g/mol. The van der Waals surface area contributed by atoms with E-state index in [0.717, 1.165) is 18.4 Å². The molecule has 0 spiro atoms. The van der Waals surface area contributed by atoms with Crippen molar-refractivity contribution < 1.29 is 27.7 Å². The second-order valence-corrected chi connectivity index (χ2v) is 10.6. The number of anilines is 1. The molecule has 0 fully saturated rings. The molecule has 0 heterocycles. The summed E-state index contributed by atoms with van der Waals surface area (Å²) >= 11 is 6.28. The van der Waals surface area contributed by atoms with E-state index in [1.165, 1.54) is 25.0 Å². The third-order valence-electron chi connectivity index (χ3n) is 5.22. The van der Waals surface area contributed by atoms with Crippen LogP contribution in [0, 0.1) is 10.1 Å². The summed E-state index contributed by atoms with van der Waals surface area (Å²) in [6, 6.07) is 9.00. The highest BCUT2D eigenvalue weighted by Crippen LogP contribution is 2.34. The minimum Gasteiger partial charge on any atom is -0.495 e. The first kappa shape index (κ1) is 28.9. The van der Waals surface area contributed by atoms with E-state index in [2.05, 4.69) is 5.32 Å². The van der Waals surface area contributed by atoms with Crippen molar-refractivity contribution >= 4 is 44.8 Å². The molecule has 0 aromatic heterocycles. The highest BCUT2D eigenvalue weighted by molar-refractivity contribution is 7.92. The summed E-state index contributed by atoms with van der Waals surface area (Å²) in [6.45, 7) is 4.25. The predicted octanol–water partition coefficient (Wildman–Crippen LogP) is 2.96. The van der Waals surface area contributed by atoms with Gasteiger partial charge in [-0.15, -0.1) is 0 Å². The molecule has 2 rings (SSSR count). The van der Waals surface area contributed by atoms with Gasteiger partial charge in [0, 0.05) is 29.7 Å². The summed E-state index contributed by atoms with van der Waals surface area (Å²) in [5.74, 6) is -1.15. The number of halogens is 1. The van der Waals surface area contributed by atoms with Crippen molar-refractivity contribution in [1.82, 2.24) is 10.2 Å². The summed E-state index contributed by atoms with van der Waals surface area (Å²) in [6.07, 6.45) is 0.867. The monoisotopic (exact) mass is 540 g/mol. The maximum absolute atomic E-state index is 13.6. The number of nitro groups is 1. The number of sulfonamides is 1. The third-order valence-corrected chi connectivity index (χ3v) is 6.71. The lowest BCUT2D eigenvalue weighted by molar-refractivity contribution is -0.384. The molecule has 0 saturated carbocycles. The van der Waals surface area contributed by atoms with Gasteiger partial charge in [-0.25, -0.2) is 8.42 Å². The van der Waals surface area contributed by atoms with Crippen LogP contribution in [-0.4, -0.2) is 62.0 Å². The minimum atomic E-state index is -4.11. The van der Waals surface area contributed by atoms with Crippen LogP contribution in [0.1, 0.15) is 26.3 Å². The lowest BCUT2D eigenvalue weighted by Crippen LogP contribution is -2.52. The number of nitrogens with zero attached hydrogens (tertiary/aromatic N) is 3. The summed E-state index contributed by atoms with van der Waals surface area (Å²) in [7, 11) is -2.84. The lowest BCUT2D eigenvalue weighted by atomic mass is 10.1. The van der Waals surface area contributed by atoms with Crippen LogP contribution in [-0.2, 0) is 26.2 Å². The van der Waals surface area contributed by atoms with Gasteiger partial charge >= 0.3 is 0 Å². The van der Waals surface area contributed by atoms with Gasteiger partial charge in [0.15, 0.2) is 0 Å². The number of carbonyl (C=O) groups is 2. The lowest BCUT2D eigenvalue weighted by Gasteiger charge is -2.32. The number of amides is 2. The quantitative estimate of drug-likeness (QED) is 0.341. The van der Waals surface area contributed by atoms with Gasteiger partial charge in [-0.2, -0.15) is 0 Å². The van der Waals surface area contributed by atoms with Crippen molar-refractivity contribution in [2.24, 2.45) is 0 Å². The number of ether oxygens (including phenoxy) is 1. The van der Waals surface area contributed by atoms with Crippen molar-refractivity contribution in [3.05, 3.63) is 63.2 Å². The number of rotatable bonds is 11. The smallest absolute Gasteiger partial charge is 0.271 e.